The van der Waals surface area contributed by atoms with Gasteiger partial charge in [-0.25, -0.2) is 0 Å². The Morgan fingerprint density at radius 3 is 2.67 bits per heavy atom. The van der Waals surface area contributed by atoms with Gasteiger partial charge in [0.1, 0.15) is 0 Å². The molecule has 0 spiro atoms. The van der Waals surface area contributed by atoms with E-state index in [4.69, 9.17) is 11.6 Å². The first-order chi connectivity index (χ1) is 6.92. The Morgan fingerprint density at radius 2 is 2.13 bits per heavy atom. The van der Waals surface area contributed by atoms with Crippen LogP contribution in [0.15, 0.2) is 18.5 Å². The van der Waals surface area contributed by atoms with Gasteiger partial charge in [0.25, 0.3) is 0 Å². The van der Waals surface area contributed by atoms with Crippen LogP contribution in [0.5, 0.6) is 0 Å². The Morgan fingerprint density at radius 1 is 1.47 bits per heavy atom. The molecule has 1 atom stereocenters. The highest BCUT2D eigenvalue weighted by atomic mass is 35.5. The lowest BCUT2D eigenvalue weighted by molar-refractivity contribution is 0.380. The molecule has 84 valence electrons. The highest BCUT2D eigenvalue weighted by Crippen LogP contribution is 2.15. The molecule has 0 fully saturated rings. The summed E-state index contributed by atoms with van der Waals surface area (Å²) in [6.45, 7) is 9.06. The number of hydrogen-bond donors (Lipinski definition) is 1. The third-order valence-electron chi connectivity index (χ3n) is 2.67. The number of aryl methyl sites for hydroxylation is 1. The predicted octanol–water partition coefficient (Wildman–Crippen LogP) is 2.89. The molecule has 0 aliphatic rings. The minimum absolute atomic E-state index is 0.0642. The molecule has 0 radical (unpaired) electrons. The van der Waals surface area contributed by atoms with Crippen LogP contribution in [-0.4, -0.2) is 15.9 Å². The van der Waals surface area contributed by atoms with Crippen molar-refractivity contribution >= 4 is 11.6 Å². The zero-order valence-corrected chi connectivity index (χ0v) is 10.6. The minimum Gasteiger partial charge on any atom is -0.306 e. The van der Waals surface area contributed by atoms with E-state index in [0.29, 0.717) is 0 Å². The normalized spacial score (nSPS) is 13.9. The van der Waals surface area contributed by atoms with Crippen LogP contribution < -0.4 is 5.32 Å². The van der Waals surface area contributed by atoms with Crippen molar-refractivity contribution in [2.75, 3.05) is 0 Å². The van der Waals surface area contributed by atoms with E-state index < -0.39 is 0 Å². The first-order valence-corrected chi connectivity index (χ1v) is 5.65. The molecular weight excluding hydrogens is 208 g/mol. The van der Waals surface area contributed by atoms with Gasteiger partial charge in [-0.3, -0.25) is 4.98 Å². The van der Waals surface area contributed by atoms with E-state index in [2.05, 4.69) is 30.2 Å². The average Bonchev–Trinajstić information content (AvgIpc) is 2.15. The lowest BCUT2D eigenvalue weighted by Gasteiger charge is -2.29. The molecule has 0 aliphatic heterocycles. The maximum atomic E-state index is 6.09. The van der Waals surface area contributed by atoms with Crippen LogP contribution in [0.1, 0.15) is 31.9 Å². The van der Waals surface area contributed by atoms with E-state index in [1.54, 1.807) is 0 Å². The zero-order valence-electron chi connectivity index (χ0n) is 9.84. The van der Waals surface area contributed by atoms with Gasteiger partial charge in [0.15, 0.2) is 0 Å². The molecule has 1 aromatic heterocycles. The smallest absolute Gasteiger partial charge is 0.0484 e. The summed E-state index contributed by atoms with van der Waals surface area (Å²) in [6, 6.07) is 2.13. The summed E-state index contributed by atoms with van der Waals surface area (Å²) in [7, 11) is 0. The molecule has 1 N–H and O–H groups in total. The molecule has 1 aromatic rings. The second-order valence-corrected chi connectivity index (χ2v) is 5.22. The lowest BCUT2D eigenvalue weighted by Crippen LogP contribution is -2.45. The SMILES string of the molecule is Cc1cncc(CNC(C)(C)C(C)Cl)c1. The Hall–Kier alpha value is -0.600. The van der Waals surface area contributed by atoms with Gasteiger partial charge in [-0.2, -0.15) is 0 Å². The van der Waals surface area contributed by atoms with Crippen LogP contribution in [0.2, 0.25) is 0 Å². The molecular formula is C12H19ClN2. The van der Waals surface area contributed by atoms with Crippen LogP contribution in [0.3, 0.4) is 0 Å². The molecule has 0 aliphatic carbocycles. The van der Waals surface area contributed by atoms with E-state index in [9.17, 15) is 0 Å². The number of aromatic nitrogens is 1. The topological polar surface area (TPSA) is 24.9 Å². The molecule has 0 bridgehead atoms. The predicted molar refractivity (Wildman–Crippen MR) is 65.2 cm³/mol. The highest BCUT2D eigenvalue weighted by Gasteiger charge is 2.22. The fraction of sp³-hybridized carbons (Fsp3) is 0.583. The van der Waals surface area contributed by atoms with Gasteiger partial charge in [0.2, 0.25) is 0 Å². The van der Waals surface area contributed by atoms with Crippen molar-refractivity contribution in [2.24, 2.45) is 0 Å². The number of hydrogen-bond acceptors (Lipinski definition) is 2. The van der Waals surface area contributed by atoms with Crippen LogP contribution in [0.25, 0.3) is 0 Å². The van der Waals surface area contributed by atoms with E-state index >= 15 is 0 Å². The second kappa shape index (κ2) is 4.95. The number of alkyl halides is 1. The molecule has 0 aromatic carbocycles. The largest absolute Gasteiger partial charge is 0.306 e. The van der Waals surface area contributed by atoms with Gasteiger partial charge in [-0.15, -0.1) is 11.6 Å². The van der Waals surface area contributed by atoms with Crippen LogP contribution in [0.4, 0.5) is 0 Å². The van der Waals surface area contributed by atoms with E-state index in [1.165, 1.54) is 11.1 Å². The molecule has 1 unspecified atom stereocenters. The molecule has 0 amide bonds. The molecule has 1 heterocycles. The van der Waals surface area contributed by atoms with Crippen molar-refractivity contribution in [3.05, 3.63) is 29.6 Å². The second-order valence-electron chi connectivity index (χ2n) is 4.56. The highest BCUT2D eigenvalue weighted by molar-refractivity contribution is 6.21. The van der Waals surface area contributed by atoms with Crippen molar-refractivity contribution in [3.63, 3.8) is 0 Å². The maximum absolute atomic E-state index is 6.09. The van der Waals surface area contributed by atoms with Gasteiger partial charge in [0, 0.05) is 29.9 Å². The number of rotatable bonds is 4. The standard InChI is InChI=1S/C12H19ClN2/c1-9-5-11(7-14-6-9)8-15-12(3,4)10(2)13/h5-7,10,15H,8H2,1-4H3. The monoisotopic (exact) mass is 226 g/mol. The fourth-order valence-corrected chi connectivity index (χ4v) is 1.26. The van der Waals surface area contributed by atoms with Crippen molar-refractivity contribution in [2.45, 2.75) is 45.2 Å². The Bertz CT molecular complexity index is 321. The van der Waals surface area contributed by atoms with Gasteiger partial charge in [0.05, 0.1) is 0 Å². The van der Waals surface area contributed by atoms with Crippen molar-refractivity contribution < 1.29 is 0 Å². The summed E-state index contributed by atoms with van der Waals surface area (Å²) in [6.07, 6.45) is 3.74. The van der Waals surface area contributed by atoms with Gasteiger partial charge in [-0.05, 0) is 38.8 Å². The maximum Gasteiger partial charge on any atom is 0.0484 e. The average molecular weight is 227 g/mol. The van der Waals surface area contributed by atoms with E-state index in [-0.39, 0.29) is 10.9 Å². The number of nitrogens with one attached hydrogen (secondary N) is 1. The number of pyridine rings is 1. The summed E-state index contributed by atoms with van der Waals surface area (Å²) in [5.74, 6) is 0. The van der Waals surface area contributed by atoms with Gasteiger partial charge >= 0.3 is 0 Å². The van der Waals surface area contributed by atoms with Crippen LogP contribution in [-0.2, 0) is 6.54 Å². The van der Waals surface area contributed by atoms with Crippen molar-refractivity contribution in [1.82, 2.24) is 10.3 Å². The van der Waals surface area contributed by atoms with E-state index in [0.717, 1.165) is 6.54 Å². The zero-order chi connectivity index (χ0) is 11.5. The van der Waals surface area contributed by atoms with Crippen molar-refractivity contribution in [3.8, 4) is 0 Å². The molecule has 15 heavy (non-hydrogen) atoms. The minimum atomic E-state index is -0.0642. The van der Waals surface area contributed by atoms with Gasteiger partial charge < -0.3 is 5.32 Å². The Labute approximate surface area is 97.1 Å². The molecule has 3 heteroatoms. The number of halogens is 1. The molecule has 0 saturated heterocycles. The molecule has 2 nitrogen and oxygen atoms in total. The van der Waals surface area contributed by atoms with Crippen molar-refractivity contribution in [1.29, 1.82) is 0 Å². The quantitative estimate of drug-likeness (QED) is 0.799. The van der Waals surface area contributed by atoms with Gasteiger partial charge in [-0.1, -0.05) is 6.07 Å². The first kappa shape index (κ1) is 12.5. The third kappa shape index (κ3) is 3.80. The summed E-state index contributed by atoms with van der Waals surface area (Å²) >= 11 is 6.09. The number of nitrogens with zero attached hydrogens (tertiary/aromatic N) is 1. The summed E-state index contributed by atoms with van der Waals surface area (Å²) < 4.78 is 0. The first-order valence-electron chi connectivity index (χ1n) is 5.21. The van der Waals surface area contributed by atoms with Crippen LogP contribution >= 0.6 is 11.6 Å². The molecule has 1 rings (SSSR count). The summed E-state index contributed by atoms with van der Waals surface area (Å²) in [5, 5.41) is 3.52. The summed E-state index contributed by atoms with van der Waals surface area (Å²) in [5.41, 5.74) is 2.32. The lowest BCUT2D eigenvalue weighted by atomic mass is 10.0. The molecule has 0 saturated carbocycles. The fourth-order valence-electron chi connectivity index (χ4n) is 1.18. The van der Waals surface area contributed by atoms with Crippen LogP contribution in [0, 0.1) is 6.92 Å². The summed E-state index contributed by atoms with van der Waals surface area (Å²) in [4.78, 5) is 4.16. The Balaban J connectivity index is 2.57. The third-order valence-corrected chi connectivity index (χ3v) is 3.22. The van der Waals surface area contributed by atoms with E-state index in [1.807, 2.05) is 26.2 Å². The Kier molecular flexibility index (Phi) is 4.12.